The Morgan fingerprint density at radius 1 is 1.15 bits per heavy atom. The predicted molar refractivity (Wildman–Crippen MR) is 102 cm³/mol. The maximum Gasteiger partial charge on any atom is 0.237 e. The molecule has 3 unspecified atom stereocenters. The van der Waals surface area contributed by atoms with Crippen LogP contribution < -0.4 is 16.2 Å². The van der Waals surface area contributed by atoms with Gasteiger partial charge in [-0.3, -0.25) is 15.0 Å². The Bertz CT molecular complexity index is 673. The minimum absolute atomic E-state index is 0.0723. The van der Waals surface area contributed by atoms with Crippen LogP contribution in [0.25, 0.3) is 0 Å². The summed E-state index contributed by atoms with van der Waals surface area (Å²) in [5.41, 5.74) is 6.49. The molecule has 27 heavy (non-hydrogen) atoms. The average molecular weight is 371 g/mol. The van der Waals surface area contributed by atoms with Crippen molar-refractivity contribution in [2.75, 3.05) is 19.8 Å². The minimum atomic E-state index is -0.524. The maximum absolute atomic E-state index is 13.3. The standard InChI is InChI=1S/C21H29N3O3/c25-19-17-9-5-4-8-16(17)18(23-24-19)14-22-20(26)21(10-12-27-13-11-21)15-6-2-1-3-7-15/h1-3,6-7,16-18,23H,4-5,8-14H2,(H,22,26)(H,24,25). The second kappa shape index (κ2) is 7.98. The number of rotatable bonds is 4. The summed E-state index contributed by atoms with van der Waals surface area (Å²) < 4.78 is 5.53. The van der Waals surface area contributed by atoms with E-state index in [-0.39, 0.29) is 23.8 Å². The van der Waals surface area contributed by atoms with Crippen molar-refractivity contribution in [3.8, 4) is 0 Å². The van der Waals surface area contributed by atoms with Gasteiger partial charge in [0.25, 0.3) is 0 Å². The molecule has 146 valence electrons. The molecule has 3 aliphatic rings. The zero-order valence-electron chi connectivity index (χ0n) is 15.7. The molecule has 0 spiro atoms. The fourth-order valence-electron chi connectivity index (χ4n) is 5.03. The van der Waals surface area contributed by atoms with E-state index in [1.165, 1.54) is 0 Å². The fraction of sp³-hybridized carbons (Fsp3) is 0.619. The zero-order chi connectivity index (χ0) is 18.7. The predicted octanol–water partition coefficient (Wildman–Crippen LogP) is 1.66. The molecule has 6 nitrogen and oxygen atoms in total. The SMILES string of the molecule is O=C1NNC(CNC(=O)C2(c3ccccc3)CCOCC2)C2CCCCC12. The normalized spacial score (nSPS) is 30.1. The number of hydrogen-bond donors (Lipinski definition) is 3. The smallest absolute Gasteiger partial charge is 0.237 e. The molecule has 1 aliphatic carbocycles. The molecule has 1 saturated carbocycles. The molecule has 0 aromatic heterocycles. The highest BCUT2D eigenvalue weighted by atomic mass is 16.5. The van der Waals surface area contributed by atoms with Crippen molar-refractivity contribution < 1.29 is 14.3 Å². The van der Waals surface area contributed by atoms with Crippen LogP contribution in [0.15, 0.2) is 30.3 Å². The van der Waals surface area contributed by atoms with Gasteiger partial charge in [0.05, 0.1) is 5.41 Å². The van der Waals surface area contributed by atoms with Crippen molar-refractivity contribution in [1.29, 1.82) is 0 Å². The minimum Gasteiger partial charge on any atom is -0.381 e. The van der Waals surface area contributed by atoms with Crippen molar-refractivity contribution in [3.63, 3.8) is 0 Å². The quantitative estimate of drug-likeness (QED) is 0.752. The van der Waals surface area contributed by atoms with Crippen LogP contribution in [0.3, 0.4) is 0 Å². The van der Waals surface area contributed by atoms with Crippen LogP contribution in [0.5, 0.6) is 0 Å². The molecular weight excluding hydrogens is 342 g/mol. The summed E-state index contributed by atoms with van der Waals surface area (Å²) in [6.07, 6.45) is 5.67. The molecule has 4 rings (SSSR count). The van der Waals surface area contributed by atoms with Gasteiger partial charge < -0.3 is 10.1 Å². The van der Waals surface area contributed by atoms with Gasteiger partial charge in [0, 0.05) is 31.7 Å². The first-order valence-corrected chi connectivity index (χ1v) is 10.2. The Hall–Kier alpha value is -1.92. The number of hydrogen-bond acceptors (Lipinski definition) is 4. The lowest BCUT2D eigenvalue weighted by molar-refractivity contribution is -0.134. The molecule has 3 N–H and O–H groups in total. The first-order chi connectivity index (χ1) is 13.2. The molecule has 2 saturated heterocycles. The molecule has 2 aliphatic heterocycles. The van der Waals surface area contributed by atoms with Gasteiger partial charge >= 0.3 is 0 Å². The Balaban J connectivity index is 1.46. The van der Waals surface area contributed by atoms with Crippen molar-refractivity contribution in [1.82, 2.24) is 16.2 Å². The number of carbonyl (C=O) groups is 2. The third kappa shape index (κ3) is 3.60. The van der Waals surface area contributed by atoms with E-state index in [9.17, 15) is 9.59 Å². The molecule has 6 heteroatoms. The first kappa shape index (κ1) is 18.4. The van der Waals surface area contributed by atoms with Crippen molar-refractivity contribution in [2.24, 2.45) is 11.8 Å². The second-order valence-corrected chi connectivity index (χ2v) is 8.07. The lowest BCUT2D eigenvalue weighted by atomic mass is 9.72. The van der Waals surface area contributed by atoms with Gasteiger partial charge in [-0.05, 0) is 37.2 Å². The van der Waals surface area contributed by atoms with Gasteiger partial charge in [-0.2, -0.15) is 0 Å². The molecule has 3 atom stereocenters. The summed E-state index contributed by atoms with van der Waals surface area (Å²) in [6.45, 7) is 1.74. The van der Waals surface area contributed by atoms with E-state index in [2.05, 4.69) is 16.2 Å². The molecule has 2 amide bonds. The lowest BCUT2D eigenvalue weighted by Gasteiger charge is -2.42. The van der Waals surface area contributed by atoms with Crippen LogP contribution in [0.1, 0.15) is 44.1 Å². The van der Waals surface area contributed by atoms with Gasteiger partial charge in [-0.1, -0.05) is 43.2 Å². The summed E-state index contributed by atoms with van der Waals surface area (Å²) in [5.74, 6) is 0.554. The van der Waals surface area contributed by atoms with Gasteiger partial charge in [-0.15, -0.1) is 0 Å². The van der Waals surface area contributed by atoms with E-state index in [0.29, 0.717) is 38.5 Å². The number of hydrazine groups is 1. The largest absolute Gasteiger partial charge is 0.381 e. The number of benzene rings is 1. The molecule has 0 radical (unpaired) electrons. The van der Waals surface area contributed by atoms with Gasteiger partial charge in [-0.25, -0.2) is 5.43 Å². The van der Waals surface area contributed by atoms with Crippen molar-refractivity contribution in [2.45, 2.75) is 50.0 Å². The van der Waals surface area contributed by atoms with Crippen LogP contribution in [0, 0.1) is 11.8 Å². The van der Waals surface area contributed by atoms with Crippen LogP contribution in [-0.4, -0.2) is 37.6 Å². The van der Waals surface area contributed by atoms with Crippen LogP contribution in [0.2, 0.25) is 0 Å². The first-order valence-electron chi connectivity index (χ1n) is 10.2. The van der Waals surface area contributed by atoms with E-state index in [4.69, 9.17) is 4.74 Å². The van der Waals surface area contributed by atoms with E-state index in [0.717, 1.165) is 31.2 Å². The Morgan fingerprint density at radius 2 is 1.89 bits per heavy atom. The highest BCUT2D eigenvalue weighted by molar-refractivity contribution is 5.88. The Labute approximate surface area is 160 Å². The van der Waals surface area contributed by atoms with E-state index in [1.807, 2.05) is 30.3 Å². The molecule has 1 aromatic carbocycles. The lowest BCUT2D eigenvalue weighted by Crippen LogP contribution is -2.63. The van der Waals surface area contributed by atoms with Crippen LogP contribution in [-0.2, 0) is 19.7 Å². The summed E-state index contributed by atoms with van der Waals surface area (Å²) >= 11 is 0. The Morgan fingerprint density at radius 3 is 2.67 bits per heavy atom. The summed E-state index contributed by atoms with van der Waals surface area (Å²) in [5, 5.41) is 3.20. The maximum atomic E-state index is 13.3. The number of fused-ring (bicyclic) bond motifs is 1. The summed E-state index contributed by atoms with van der Waals surface area (Å²) in [6, 6.07) is 10.1. The van der Waals surface area contributed by atoms with Crippen LogP contribution >= 0.6 is 0 Å². The van der Waals surface area contributed by atoms with Gasteiger partial charge in [0.2, 0.25) is 11.8 Å². The average Bonchev–Trinajstić information content (AvgIpc) is 2.74. The molecule has 2 heterocycles. The topological polar surface area (TPSA) is 79.5 Å². The van der Waals surface area contributed by atoms with Crippen LogP contribution in [0.4, 0.5) is 0 Å². The third-order valence-electron chi connectivity index (χ3n) is 6.64. The number of amides is 2. The second-order valence-electron chi connectivity index (χ2n) is 8.07. The third-order valence-corrected chi connectivity index (χ3v) is 6.64. The van der Waals surface area contributed by atoms with E-state index < -0.39 is 5.41 Å². The molecule has 0 bridgehead atoms. The van der Waals surface area contributed by atoms with Crippen molar-refractivity contribution in [3.05, 3.63) is 35.9 Å². The highest BCUT2D eigenvalue weighted by Crippen LogP contribution is 2.36. The summed E-state index contributed by atoms with van der Waals surface area (Å²) in [4.78, 5) is 25.4. The van der Waals surface area contributed by atoms with E-state index in [1.54, 1.807) is 0 Å². The highest BCUT2D eigenvalue weighted by Gasteiger charge is 2.43. The molecular formula is C21H29N3O3. The number of ether oxygens (including phenoxy) is 1. The zero-order valence-corrected chi connectivity index (χ0v) is 15.7. The number of carbonyl (C=O) groups excluding carboxylic acids is 2. The fourth-order valence-corrected chi connectivity index (χ4v) is 5.03. The van der Waals surface area contributed by atoms with Crippen molar-refractivity contribution >= 4 is 11.8 Å². The monoisotopic (exact) mass is 371 g/mol. The summed E-state index contributed by atoms with van der Waals surface area (Å²) in [7, 11) is 0. The molecule has 3 fully saturated rings. The molecule has 1 aromatic rings. The number of nitrogens with one attached hydrogen (secondary N) is 3. The van der Waals surface area contributed by atoms with Gasteiger partial charge in [0.1, 0.15) is 0 Å². The Kier molecular flexibility index (Phi) is 5.45. The van der Waals surface area contributed by atoms with E-state index >= 15 is 0 Å². The van der Waals surface area contributed by atoms with Gasteiger partial charge in [0.15, 0.2) is 0 Å².